The Morgan fingerprint density at radius 3 is 2.50 bits per heavy atom. The van der Waals surface area contributed by atoms with Crippen LogP contribution in [-0.4, -0.2) is 14.5 Å². The quantitative estimate of drug-likeness (QED) is 0.709. The molecule has 0 saturated carbocycles. The highest BCUT2D eigenvalue weighted by Gasteiger charge is 2.11. The van der Waals surface area contributed by atoms with Gasteiger partial charge in [-0.2, -0.15) is 0 Å². The van der Waals surface area contributed by atoms with E-state index in [9.17, 15) is 0 Å². The van der Waals surface area contributed by atoms with E-state index in [4.69, 9.17) is 5.73 Å². The highest BCUT2D eigenvalue weighted by Crippen LogP contribution is 2.25. The van der Waals surface area contributed by atoms with E-state index in [0.717, 1.165) is 22.3 Å². The summed E-state index contributed by atoms with van der Waals surface area (Å²) in [5, 5.41) is 0. The predicted molar refractivity (Wildman–Crippen MR) is 72.8 cm³/mol. The lowest BCUT2D eigenvalue weighted by Gasteiger charge is -2.06. The Bertz CT molecular complexity index is 710. The third-order valence-electron chi connectivity index (χ3n) is 3.10. The van der Waals surface area contributed by atoms with E-state index < -0.39 is 0 Å². The number of benzene rings is 1. The van der Waals surface area contributed by atoms with Gasteiger partial charge < -0.3 is 10.3 Å². The SMILES string of the molecule is Cc1ccc(-n2cc(C)c3ncnc(N)c32)cc1. The standard InChI is InChI=1S/C14H14N4/c1-9-3-5-11(6-4-9)18-7-10(2)12-13(18)14(15)17-8-16-12/h3-8H,1-2H3,(H2,15,16,17). The first-order chi connectivity index (χ1) is 8.66. The fraction of sp³-hybridized carbons (Fsp3) is 0.143. The van der Waals surface area contributed by atoms with E-state index in [1.807, 2.05) is 17.7 Å². The van der Waals surface area contributed by atoms with Crippen LogP contribution in [0.2, 0.25) is 0 Å². The van der Waals surface area contributed by atoms with Gasteiger partial charge in [0, 0.05) is 11.9 Å². The molecule has 0 bridgehead atoms. The highest BCUT2D eigenvalue weighted by atomic mass is 15.0. The summed E-state index contributed by atoms with van der Waals surface area (Å²) in [4.78, 5) is 8.36. The molecule has 4 heteroatoms. The maximum Gasteiger partial charge on any atom is 0.151 e. The molecule has 0 atom stereocenters. The number of hydrogen-bond acceptors (Lipinski definition) is 3. The number of fused-ring (bicyclic) bond motifs is 1. The van der Waals surface area contributed by atoms with Crippen molar-refractivity contribution in [1.29, 1.82) is 0 Å². The number of nitrogens with zero attached hydrogens (tertiary/aromatic N) is 3. The Morgan fingerprint density at radius 2 is 1.78 bits per heavy atom. The summed E-state index contributed by atoms with van der Waals surface area (Å²) in [5.41, 5.74) is 11.1. The molecule has 1 aromatic carbocycles. The third kappa shape index (κ3) is 1.54. The first-order valence-electron chi connectivity index (χ1n) is 5.82. The van der Waals surface area contributed by atoms with Gasteiger partial charge in [0.05, 0.1) is 5.52 Å². The Balaban J connectivity index is 2.32. The van der Waals surface area contributed by atoms with Gasteiger partial charge in [-0.3, -0.25) is 0 Å². The van der Waals surface area contributed by atoms with Crippen LogP contribution in [0, 0.1) is 13.8 Å². The molecule has 4 nitrogen and oxygen atoms in total. The van der Waals surface area contributed by atoms with Gasteiger partial charge in [-0.25, -0.2) is 9.97 Å². The largest absolute Gasteiger partial charge is 0.382 e. The summed E-state index contributed by atoms with van der Waals surface area (Å²) < 4.78 is 2.04. The lowest BCUT2D eigenvalue weighted by Crippen LogP contribution is -1.98. The Kier molecular flexibility index (Phi) is 2.30. The van der Waals surface area contributed by atoms with Crippen LogP contribution in [0.4, 0.5) is 5.82 Å². The summed E-state index contributed by atoms with van der Waals surface area (Å²) in [7, 11) is 0. The summed E-state index contributed by atoms with van der Waals surface area (Å²) in [6, 6.07) is 8.30. The van der Waals surface area contributed by atoms with Crippen molar-refractivity contribution < 1.29 is 0 Å². The van der Waals surface area contributed by atoms with Crippen molar-refractivity contribution in [2.75, 3.05) is 5.73 Å². The third-order valence-corrected chi connectivity index (χ3v) is 3.10. The monoisotopic (exact) mass is 238 g/mol. The summed E-state index contributed by atoms with van der Waals surface area (Å²) in [5.74, 6) is 0.508. The van der Waals surface area contributed by atoms with E-state index in [-0.39, 0.29) is 0 Å². The lowest BCUT2D eigenvalue weighted by molar-refractivity contribution is 1.10. The Labute approximate surface area is 105 Å². The second-order valence-corrected chi connectivity index (χ2v) is 4.47. The van der Waals surface area contributed by atoms with Gasteiger partial charge >= 0.3 is 0 Å². The lowest BCUT2D eigenvalue weighted by atomic mass is 10.2. The van der Waals surface area contributed by atoms with E-state index in [1.54, 1.807) is 0 Å². The van der Waals surface area contributed by atoms with Crippen LogP contribution in [0.15, 0.2) is 36.8 Å². The molecule has 0 fully saturated rings. The van der Waals surface area contributed by atoms with Crippen LogP contribution < -0.4 is 5.73 Å². The summed E-state index contributed by atoms with van der Waals surface area (Å²) in [6.07, 6.45) is 3.55. The van der Waals surface area contributed by atoms with Crippen LogP contribution in [-0.2, 0) is 0 Å². The molecule has 0 unspecified atom stereocenters. The maximum atomic E-state index is 5.97. The first kappa shape index (κ1) is 10.8. The van der Waals surface area contributed by atoms with Crippen LogP contribution in [0.1, 0.15) is 11.1 Å². The van der Waals surface area contributed by atoms with E-state index in [2.05, 4.69) is 41.2 Å². The number of nitrogens with two attached hydrogens (primary N) is 1. The van der Waals surface area contributed by atoms with Crippen LogP contribution in [0.3, 0.4) is 0 Å². The molecule has 90 valence electrons. The normalized spacial score (nSPS) is 11.0. The number of aryl methyl sites for hydroxylation is 2. The average molecular weight is 238 g/mol. The second kappa shape index (κ2) is 3.84. The van der Waals surface area contributed by atoms with E-state index in [0.29, 0.717) is 5.82 Å². The molecule has 3 rings (SSSR count). The van der Waals surface area contributed by atoms with E-state index in [1.165, 1.54) is 11.9 Å². The van der Waals surface area contributed by atoms with Crippen molar-refractivity contribution in [2.24, 2.45) is 0 Å². The molecule has 0 spiro atoms. The molecule has 0 aliphatic carbocycles. The van der Waals surface area contributed by atoms with Gasteiger partial charge in [0.25, 0.3) is 0 Å². The average Bonchev–Trinajstić information content (AvgIpc) is 2.70. The molecule has 0 amide bonds. The van der Waals surface area contributed by atoms with Gasteiger partial charge in [-0.05, 0) is 31.5 Å². The van der Waals surface area contributed by atoms with Gasteiger partial charge in [0.1, 0.15) is 11.8 Å². The van der Waals surface area contributed by atoms with Crippen molar-refractivity contribution in [3.63, 3.8) is 0 Å². The fourth-order valence-corrected chi connectivity index (χ4v) is 2.15. The summed E-state index contributed by atoms with van der Waals surface area (Å²) >= 11 is 0. The Hall–Kier alpha value is -2.36. The van der Waals surface area contributed by atoms with Gasteiger partial charge in [-0.15, -0.1) is 0 Å². The van der Waals surface area contributed by atoms with Crippen LogP contribution >= 0.6 is 0 Å². The number of anilines is 1. The molecule has 0 saturated heterocycles. The van der Waals surface area contributed by atoms with Crippen LogP contribution in [0.5, 0.6) is 0 Å². The second-order valence-electron chi connectivity index (χ2n) is 4.47. The zero-order valence-electron chi connectivity index (χ0n) is 10.4. The molecule has 2 aromatic heterocycles. The molecule has 0 aliphatic heterocycles. The molecule has 0 aliphatic rings. The Morgan fingerprint density at radius 1 is 1.06 bits per heavy atom. The number of aromatic nitrogens is 3. The molecule has 3 aromatic rings. The first-order valence-corrected chi connectivity index (χ1v) is 5.82. The minimum atomic E-state index is 0.508. The van der Waals surface area contributed by atoms with Gasteiger partial charge in [0.2, 0.25) is 0 Å². The summed E-state index contributed by atoms with van der Waals surface area (Å²) in [6.45, 7) is 4.10. The topological polar surface area (TPSA) is 56.7 Å². The molecule has 2 N–H and O–H groups in total. The van der Waals surface area contributed by atoms with Gasteiger partial charge in [-0.1, -0.05) is 17.7 Å². The van der Waals surface area contributed by atoms with Crippen molar-refractivity contribution in [1.82, 2.24) is 14.5 Å². The highest BCUT2D eigenvalue weighted by molar-refractivity contribution is 5.89. The molecule has 0 radical (unpaired) electrons. The predicted octanol–water partition coefficient (Wildman–Crippen LogP) is 2.62. The zero-order valence-corrected chi connectivity index (χ0v) is 10.4. The number of nitrogen functional groups attached to an aromatic ring is 1. The molecular formula is C14H14N4. The van der Waals surface area contributed by atoms with Gasteiger partial charge in [0.15, 0.2) is 5.82 Å². The van der Waals surface area contributed by atoms with Crippen molar-refractivity contribution >= 4 is 16.9 Å². The number of rotatable bonds is 1. The van der Waals surface area contributed by atoms with Crippen molar-refractivity contribution in [3.8, 4) is 5.69 Å². The maximum absolute atomic E-state index is 5.97. The molecule has 18 heavy (non-hydrogen) atoms. The minimum Gasteiger partial charge on any atom is -0.382 e. The van der Waals surface area contributed by atoms with E-state index >= 15 is 0 Å². The van der Waals surface area contributed by atoms with Crippen molar-refractivity contribution in [3.05, 3.63) is 47.9 Å². The molecular weight excluding hydrogens is 224 g/mol. The smallest absolute Gasteiger partial charge is 0.151 e. The zero-order chi connectivity index (χ0) is 12.7. The molecule has 2 heterocycles. The van der Waals surface area contributed by atoms with Crippen LogP contribution in [0.25, 0.3) is 16.7 Å². The fourth-order valence-electron chi connectivity index (χ4n) is 2.15. The minimum absolute atomic E-state index is 0.508. The van der Waals surface area contributed by atoms with Crippen molar-refractivity contribution in [2.45, 2.75) is 13.8 Å². The number of hydrogen-bond donors (Lipinski definition) is 1.